The summed E-state index contributed by atoms with van der Waals surface area (Å²) in [4.78, 5) is 36.4. The Hall–Kier alpha value is -3.87. The summed E-state index contributed by atoms with van der Waals surface area (Å²) in [5, 5.41) is 5.41. The van der Waals surface area contributed by atoms with Crippen LogP contribution in [0.25, 0.3) is 0 Å². The molecule has 3 rings (SSSR count). The van der Waals surface area contributed by atoms with Gasteiger partial charge in [-0.05, 0) is 48.5 Å². The summed E-state index contributed by atoms with van der Waals surface area (Å²) >= 11 is 0. The molecule has 0 saturated carbocycles. The smallest absolute Gasteiger partial charge is 0.339 e. The number of benzene rings is 2. The van der Waals surface area contributed by atoms with E-state index in [2.05, 4.69) is 10.6 Å². The number of anilines is 1. The van der Waals surface area contributed by atoms with Gasteiger partial charge in [0.1, 0.15) is 5.76 Å². The predicted molar refractivity (Wildman–Crippen MR) is 102 cm³/mol. The van der Waals surface area contributed by atoms with Gasteiger partial charge in [0.05, 0.1) is 31.2 Å². The second-order valence-corrected chi connectivity index (χ2v) is 5.83. The van der Waals surface area contributed by atoms with Crippen molar-refractivity contribution in [3.63, 3.8) is 0 Å². The number of amides is 2. The fourth-order valence-electron chi connectivity index (χ4n) is 2.53. The molecule has 0 unspecified atom stereocenters. The van der Waals surface area contributed by atoms with E-state index in [1.807, 2.05) is 0 Å². The highest BCUT2D eigenvalue weighted by Gasteiger charge is 2.15. The summed E-state index contributed by atoms with van der Waals surface area (Å²) in [7, 11) is 1.27. The lowest BCUT2D eigenvalue weighted by Crippen LogP contribution is -2.22. The van der Waals surface area contributed by atoms with Crippen molar-refractivity contribution in [2.24, 2.45) is 0 Å². The van der Waals surface area contributed by atoms with Crippen molar-refractivity contribution >= 4 is 23.5 Å². The third kappa shape index (κ3) is 4.45. The molecule has 0 aliphatic carbocycles. The number of para-hydroxylation sites is 1. The minimum Gasteiger partial charge on any atom is -0.467 e. The maximum absolute atomic E-state index is 12.5. The Labute approximate surface area is 161 Å². The molecule has 0 spiro atoms. The molecule has 2 N–H and O–H groups in total. The number of carbonyl (C=O) groups is 3. The largest absolute Gasteiger partial charge is 0.467 e. The number of methoxy groups -OCH3 is 1. The van der Waals surface area contributed by atoms with Gasteiger partial charge >= 0.3 is 5.97 Å². The summed E-state index contributed by atoms with van der Waals surface area (Å²) in [6, 6.07) is 16.3. The molecule has 0 fully saturated rings. The van der Waals surface area contributed by atoms with Gasteiger partial charge in [-0.3, -0.25) is 9.59 Å². The van der Waals surface area contributed by atoms with Crippen LogP contribution in [-0.2, 0) is 11.3 Å². The number of nitrogens with one attached hydrogen (secondary N) is 2. The minimum absolute atomic E-state index is 0.257. The Bertz CT molecular complexity index is 978. The summed E-state index contributed by atoms with van der Waals surface area (Å²) in [6.07, 6.45) is 1.53. The Morgan fingerprint density at radius 2 is 1.57 bits per heavy atom. The lowest BCUT2D eigenvalue weighted by Gasteiger charge is -2.10. The fourth-order valence-corrected chi connectivity index (χ4v) is 2.53. The molecular formula is C21H18N2O5. The van der Waals surface area contributed by atoms with Crippen LogP contribution in [0.3, 0.4) is 0 Å². The molecule has 1 aromatic heterocycles. The van der Waals surface area contributed by atoms with Crippen LogP contribution in [-0.4, -0.2) is 24.9 Å². The van der Waals surface area contributed by atoms with E-state index in [4.69, 9.17) is 9.15 Å². The van der Waals surface area contributed by atoms with Gasteiger partial charge in [0, 0.05) is 11.1 Å². The molecule has 0 radical (unpaired) electrons. The molecule has 0 aliphatic heterocycles. The second-order valence-electron chi connectivity index (χ2n) is 5.83. The predicted octanol–water partition coefficient (Wildman–Crippen LogP) is 3.25. The number of rotatable bonds is 6. The van der Waals surface area contributed by atoms with Crippen LogP contribution >= 0.6 is 0 Å². The molecule has 2 amide bonds. The lowest BCUT2D eigenvalue weighted by molar-refractivity contribution is 0.0601. The van der Waals surface area contributed by atoms with Crippen molar-refractivity contribution in [3.05, 3.63) is 89.4 Å². The molecule has 3 aromatic rings. The molecule has 142 valence electrons. The first-order valence-corrected chi connectivity index (χ1v) is 8.48. The van der Waals surface area contributed by atoms with Gasteiger partial charge in [-0.25, -0.2) is 4.79 Å². The first-order chi connectivity index (χ1) is 13.6. The highest BCUT2D eigenvalue weighted by molar-refractivity contribution is 6.08. The maximum atomic E-state index is 12.5. The summed E-state index contributed by atoms with van der Waals surface area (Å²) in [6.45, 7) is 0.276. The summed E-state index contributed by atoms with van der Waals surface area (Å²) in [5.41, 5.74) is 1.37. The van der Waals surface area contributed by atoms with Crippen LogP contribution in [0, 0.1) is 0 Å². The highest BCUT2D eigenvalue weighted by atomic mass is 16.5. The van der Waals surface area contributed by atoms with Crippen LogP contribution in [0.1, 0.15) is 36.8 Å². The molecule has 7 heteroatoms. The molecule has 0 bridgehead atoms. The van der Waals surface area contributed by atoms with Gasteiger partial charge < -0.3 is 19.8 Å². The minimum atomic E-state index is -0.542. The standard InChI is InChI=1S/C21H18N2O5/c1-27-21(26)17-6-2-3-7-18(17)23-20(25)15-10-8-14(9-11-15)19(24)22-13-16-5-4-12-28-16/h2-12H,13H2,1H3,(H,22,24)(H,23,25). The molecule has 7 nitrogen and oxygen atoms in total. The SMILES string of the molecule is COC(=O)c1ccccc1NC(=O)c1ccc(C(=O)NCc2ccco2)cc1. The van der Waals surface area contributed by atoms with Crippen molar-refractivity contribution < 1.29 is 23.5 Å². The van der Waals surface area contributed by atoms with E-state index in [9.17, 15) is 14.4 Å². The van der Waals surface area contributed by atoms with Crippen LogP contribution in [0.5, 0.6) is 0 Å². The summed E-state index contributed by atoms with van der Waals surface area (Å²) in [5.74, 6) is -0.577. The second kappa shape index (κ2) is 8.68. The van der Waals surface area contributed by atoms with Gasteiger partial charge in [0.25, 0.3) is 11.8 Å². The molecule has 0 aliphatic rings. The Morgan fingerprint density at radius 1 is 0.893 bits per heavy atom. The van der Waals surface area contributed by atoms with E-state index in [-0.39, 0.29) is 18.0 Å². The van der Waals surface area contributed by atoms with Crippen molar-refractivity contribution in [1.82, 2.24) is 5.32 Å². The summed E-state index contributed by atoms with van der Waals surface area (Å²) < 4.78 is 9.88. The van der Waals surface area contributed by atoms with Gasteiger partial charge in [-0.1, -0.05) is 12.1 Å². The zero-order valence-electron chi connectivity index (χ0n) is 15.1. The molecule has 2 aromatic carbocycles. The first kappa shape index (κ1) is 18.9. The Balaban J connectivity index is 1.65. The number of esters is 1. The number of hydrogen-bond donors (Lipinski definition) is 2. The molecule has 1 heterocycles. The number of hydrogen-bond acceptors (Lipinski definition) is 5. The topological polar surface area (TPSA) is 97.6 Å². The first-order valence-electron chi connectivity index (χ1n) is 8.48. The average molecular weight is 378 g/mol. The average Bonchev–Trinajstić information content (AvgIpc) is 3.25. The van der Waals surface area contributed by atoms with Gasteiger partial charge in [0.2, 0.25) is 0 Å². The van der Waals surface area contributed by atoms with Crippen molar-refractivity contribution in [2.75, 3.05) is 12.4 Å². The van der Waals surface area contributed by atoms with Gasteiger partial charge in [-0.15, -0.1) is 0 Å². The normalized spacial score (nSPS) is 10.2. The van der Waals surface area contributed by atoms with E-state index in [0.717, 1.165) is 0 Å². The van der Waals surface area contributed by atoms with Crippen LogP contribution in [0.4, 0.5) is 5.69 Å². The van der Waals surface area contributed by atoms with E-state index in [0.29, 0.717) is 22.6 Å². The lowest BCUT2D eigenvalue weighted by atomic mass is 10.1. The van der Waals surface area contributed by atoms with Gasteiger partial charge in [-0.2, -0.15) is 0 Å². The van der Waals surface area contributed by atoms with E-state index in [1.165, 1.54) is 25.5 Å². The fraction of sp³-hybridized carbons (Fsp3) is 0.0952. The monoisotopic (exact) mass is 378 g/mol. The molecule has 0 atom stereocenters. The van der Waals surface area contributed by atoms with E-state index < -0.39 is 11.9 Å². The van der Waals surface area contributed by atoms with Crippen molar-refractivity contribution in [2.45, 2.75) is 6.54 Å². The number of carbonyl (C=O) groups excluding carboxylic acids is 3. The highest BCUT2D eigenvalue weighted by Crippen LogP contribution is 2.17. The molecule has 28 heavy (non-hydrogen) atoms. The molecular weight excluding hydrogens is 360 g/mol. The van der Waals surface area contributed by atoms with Crippen molar-refractivity contribution in [1.29, 1.82) is 0 Å². The van der Waals surface area contributed by atoms with Crippen LogP contribution in [0.2, 0.25) is 0 Å². The van der Waals surface area contributed by atoms with Crippen LogP contribution < -0.4 is 10.6 Å². The van der Waals surface area contributed by atoms with E-state index in [1.54, 1.807) is 48.5 Å². The van der Waals surface area contributed by atoms with E-state index >= 15 is 0 Å². The van der Waals surface area contributed by atoms with Crippen LogP contribution in [0.15, 0.2) is 71.3 Å². The Morgan fingerprint density at radius 3 is 2.21 bits per heavy atom. The molecule has 0 saturated heterocycles. The zero-order valence-corrected chi connectivity index (χ0v) is 15.1. The quantitative estimate of drug-likeness (QED) is 0.642. The van der Waals surface area contributed by atoms with Gasteiger partial charge in [0.15, 0.2) is 0 Å². The Kier molecular flexibility index (Phi) is 5.86. The number of ether oxygens (including phenoxy) is 1. The van der Waals surface area contributed by atoms with Crippen molar-refractivity contribution in [3.8, 4) is 0 Å². The number of furan rings is 1. The maximum Gasteiger partial charge on any atom is 0.339 e. The third-order valence-corrected chi connectivity index (χ3v) is 3.99. The zero-order chi connectivity index (χ0) is 19.9. The third-order valence-electron chi connectivity index (χ3n) is 3.99.